The van der Waals surface area contributed by atoms with Crippen molar-refractivity contribution in [3.63, 3.8) is 0 Å². The Morgan fingerprint density at radius 3 is 2.64 bits per heavy atom. The molecule has 28 heavy (non-hydrogen) atoms. The highest BCUT2D eigenvalue weighted by Gasteiger charge is 2.41. The molecule has 148 valence electrons. The second-order valence-corrected chi connectivity index (χ2v) is 8.38. The third-order valence-corrected chi connectivity index (χ3v) is 6.17. The molecule has 6 nitrogen and oxygen atoms in total. The molecule has 0 radical (unpaired) electrons. The fraction of sp³-hybridized carbons (Fsp3) is 0.571. The molecule has 3 aliphatic rings. The maximum Gasteiger partial charge on any atom is 0.230 e. The first-order valence-corrected chi connectivity index (χ1v) is 10.2. The first-order valence-electron chi connectivity index (χ1n) is 10.2. The van der Waals surface area contributed by atoms with Crippen LogP contribution in [0.15, 0.2) is 12.3 Å². The quantitative estimate of drug-likeness (QED) is 0.808. The summed E-state index contributed by atoms with van der Waals surface area (Å²) in [5.41, 5.74) is 2.44. The Balaban J connectivity index is 1.66. The highest BCUT2D eigenvalue weighted by molar-refractivity contribution is 5.99. The van der Waals surface area contributed by atoms with Crippen molar-refractivity contribution in [2.45, 2.75) is 64.0 Å². The number of nitrogens with zero attached hydrogens (tertiary/aromatic N) is 4. The van der Waals surface area contributed by atoms with Gasteiger partial charge >= 0.3 is 0 Å². The van der Waals surface area contributed by atoms with Gasteiger partial charge < -0.3 is 9.64 Å². The molecule has 1 amide bonds. The molecule has 2 heterocycles. The second kappa shape index (κ2) is 6.57. The number of benzene rings is 1. The van der Waals surface area contributed by atoms with E-state index in [4.69, 9.17) is 4.74 Å². The number of aryl methyl sites for hydroxylation is 1. The van der Waals surface area contributed by atoms with E-state index >= 15 is 4.39 Å². The summed E-state index contributed by atoms with van der Waals surface area (Å²) in [6.45, 7) is 2.01. The van der Waals surface area contributed by atoms with E-state index in [9.17, 15) is 4.79 Å². The molecular formula is C21H25FN4O2. The molecule has 2 fully saturated rings. The van der Waals surface area contributed by atoms with Crippen molar-refractivity contribution in [3.8, 4) is 17.0 Å². The van der Waals surface area contributed by atoms with Crippen LogP contribution < -0.4 is 9.64 Å². The van der Waals surface area contributed by atoms with E-state index in [1.807, 2.05) is 6.92 Å². The molecule has 0 spiro atoms. The topological polar surface area (TPSA) is 60.2 Å². The van der Waals surface area contributed by atoms with Crippen molar-refractivity contribution in [2.75, 3.05) is 4.90 Å². The van der Waals surface area contributed by atoms with Crippen molar-refractivity contribution in [1.82, 2.24) is 15.0 Å². The Bertz CT molecular complexity index is 933. The van der Waals surface area contributed by atoms with Crippen molar-refractivity contribution in [2.24, 2.45) is 13.0 Å². The van der Waals surface area contributed by atoms with Crippen LogP contribution in [0.4, 0.5) is 10.1 Å². The van der Waals surface area contributed by atoms with Crippen LogP contribution in [0.3, 0.4) is 0 Å². The normalized spacial score (nSPS) is 22.0. The zero-order chi connectivity index (χ0) is 19.4. The summed E-state index contributed by atoms with van der Waals surface area (Å²) in [5.74, 6) is 0.400. The summed E-state index contributed by atoms with van der Waals surface area (Å²) < 4.78 is 23.4. The minimum atomic E-state index is -0.378. The fourth-order valence-electron chi connectivity index (χ4n) is 4.18. The van der Waals surface area contributed by atoms with Crippen molar-refractivity contribution in [3.05, 3.63) is 23.6 Å². The number of hydrogen-bond acceptors (Lipinski definition) is 4. The number of ether oxygens (including phenoxy) is 1. The van der Waals surface area contributed by atoms with Gasteiger partial charge in [-0.05, 0) is 57.9 Å². The number of anilines is 1. The summed E-state index contributed by atoms with van der Waals surface area (Å²) in [4.78, 5) is 14.6. The lowest BCUT2D eigenvalue weighted by Gasteiger charge is -2.38. The average Bonchev–Trinajstić information content (AvgIpc) is 3.40. The molecule has 1 atom stereocenters. The van der Waals surface area contributed by atoms with Crippen LogP contribution in [0, 0.1) is 11.7 Å². The highest BCUT2D eigenvalue weighted by atomic mass is 19.1. The maximum absolute atomic E-state index is 15.4. The predicted molar refractivity (Wildman–Crippen MR) is 103 cm³/mol. The van der Waals surface area contributed by atoms with Crippen molar-refractivity contribution >= 4 is 11.6 Å². The summed E-state index contributed by atoms with van der Waals surface area (Å²) in [6, 6.07) is 1.47. The lowest BCUT2D eigenvalue weighted by atomic mass is 9.91. The predicted octanol–water partition coefficient (Wildman–Crippen LogP) is 3.63. The largest absolute Gasteiger partial charge is 0.489 e. The maximum atomic E-state index is 15.4. The number of carbonyl (C=O) groups excluding carboxylic acids is 1. The lowest BCUT2D eigenvalue weighted by Crippen LogP contribution is -2.44. The summed E-state index contributed by atoms with van der Waals surface area (Å²) in [5, 5.41) is 8.18. The number of aromatic nitrogens is 3. The Morgan fingerprint density at radius 2 is 2.04 bits per heavy atom. The molecule has 0 bridgehead atoms. The summed E-state index contributed by atoms with van der Waals surface area (Å²) >= 11 is 0. The minimum absolute atomic E-state index is 0.00554. The van der Waals surface area contributed by atoms with Crippen LogP contribution in [-0.2, 0) is 18.3 Å². The van der Waals surface area contributed by atoms with Crippen molar-refractivity contribution < 1.29 is 13.9 Å². The molecule has 0 saturated heterocycles. The highest BCUT2D eigenvalue weighted by Crippen LogP contribution is 2.47. The van der Waals surface area contributed by atoms with E-state index in [0.29, 0.717) is 29.1 Å². The van der Waals surface area contributed by atoms with Crippen LogP contribution >= 0.6 is 0 Å². The molecule has 7 heteroatoms. The van der Waals surface area contributed by atoms with Gasteiger partial charge in [0.25, 0.3) is 0 Å². The van der Waals surface area contributed by atoms with Gasteiger partial charge in [0.1, 0.15) is 17.3 Å². The first-order chi connectivity index (χ1) is 13.5. The second-order valence-electron chi connectivity index (χ2n) is 8.38. The van der Waals surface area contributed by atoms with Gasteiger partial charge in [-0.3, -0.25) is 9.48 Å². The number of carbonyl (C=O) groups is 1. The molecule has 1 unspecified atom stereocenters. The summed E-state index contributed by atoms with van der Waals surface area (Å²) in [6.07, 6.45) is 8.39. The smallest absolute Gasteiger partial charge is 0.230 e. The van der Waals surface area contributed by atoms with Crippen LogP contribution in [0.1, 0.15) is 51.0 Å². The minimum Gasteiger partial charge on any atom is -0.489 e. The van der Waals surface area contributed by atoms with Gasteiger partial charge in [0.15, 0.2) is 0 Å². The van der Waals surface area contributed by atoms with Crippen molar-refractivity contribution in [1.29, 1.82) is 0 Å². The van der Waals surface area contributed by atoms with E-state index in [0.717, 1.165) is 44.1 Å². The Labute approximate surface area is 163 Å². The van der Waals surface area contributed by atoms with Gasteiger partial charge in [-0.25, -0.2) is 4.39 Å². The monoisotopic (exact) mass is 384 g/mol. The number of amides is 1. The Morgan fingerprint density at radius 1 is 1.25 bits per heavy atom. The zero-order valence-corrected chi connectivity index (χ0v) is 16.3. The lowest BCUT2D eigenvalue weighted by molar-refractivity contribution is -0.120. The SMILES string of the molecule is CC1CCc2c(OC3CCC3)c(-c3cn(C)nn3)cc(F)c2N1C(=O)C1CC1. The van der Waals surface area contributed by atoms with Crippen LogP contribution in [0.25, 0.3) is 11.3 Å². The molecular weight excluding hydrogens is 359 g/mol. The van der Waals surface area contributed by atoms with Gasteiger partial charge in [-0.1, -0.05) is 5.21 Å². The van der Waals surface area contributed by atoms with E-state index in [1.165, 1.54) is 6.07 Å². The molecule has 2 aromatic rings. The fourth-order valence-corrected chi connectivity index (χ4v) is 4.18. The first kappa shape index (κ1) is 17.6. The number of hydrogen-bond donors (Lipinski definition) is 0. The van der Waals surface area contributed by atoms with E-state index in [1.54, 1.807) is 22.8 Å². The molecule has 1 aromatic heterocycles. The van der Waals surface area contributed by atoms with Gasteiger partial charge in [0, 0.05) is 30.1 Å². The van der Waals surface area contributed by atoms with Gasteiger partial charge in [-0.2, -0.15) is 0 Å². The number of fused-ring (bicyclic) bond motifs is 1. The van der Waals surface area contributed by atoms with Gasteiger partial charge in [0.2, 0.25) is 5.91 Å². The molecule has 2 aliphatic carbocycles. The molecule has 2 saturated carbocycles. The van der Waals surface area contributed by atoms with E-state index in [2.05, 4.69) is 10.3 Å². The summed E-state index contributed by atoms with van der Waals surface area (Å²) in [7, 11) is 1.79. The van der Waals surface area contributed by atoms with E-state index in [-0.39, 0.29) is 29.8 Å². The standard InChI is InChI=1S/C21H25FN4O2/c1-12-6-9-15-19(26(12)21(27)13-7-8-13)17(22)10-16(18-11-25(2)24-23-18)20(15)28-14-4-3-5-14/h10-14H,3-9H2,1-2H3. The zero-order valence-electron chi connectivity index (χ0n) is 16.3. The van der Waals surface area contributed by atoms with Crippen LogP contribution in [0.5, 0.6) is 5.75 Å². The van der Waals surface area contributed by atoms with E-state index < -0.39 is 0 Å². The molecule has 1 aliphatic heterocycles. The third kappa shape index (κ3) is 2.88. The van der Waals surface area contributed by atoms with Crippen LogP contribution in [-0.4, -0.2) is 33.0 Å². The third-order valence-electron chi connectivity index (χ3n) is 6.17. The van der Waals surface area contributed by atoms with Gasteiger partial charge in [0.05, 0.1) is 18.0 Å². The number of halogens is 1. The average molecular weight is 384 g/mol. The van der Waals surface area contributed by atoms with Crippen LogP contribution in [0.2, 0.25) is 0 Å². The number of rotatable bonds is 4. The molecule has 0 N–H and O–H groups in total. The molecule has 1 aromatic carbocycles. The Kier molecular flexibility index (Phi) is 4.14. The molecule has 5 rings (SSSR count). The van der Waals surface area contributed by atoms with Gasteiger partial charge in [-0.15, -0.1) is 5.10 Å². The Hall–Kier alpha value is -2.44.